The first-order valence-corrected chi connectivity index (χ1v) is 6.88. The van der Waals surface area contributed by atoms with Gasteiger partial charge in [-0.15, -0.1) is 0 Å². The fourth-order valence-corrected chi connectivity index (χ4v) is 3.13. The van der Waals surface area contributed by atoms with Gasteiger partial charge >= 0.3 is 11.9 Å². The Morgan fingerprint density at radius 2 is 1.26 bits per heavy atom. The first-order chi connectivity index (χ1) is 8.90. The second-order valence-electron chi connectivity index (χ2n) is 4.22. The molecule has 0 saturated carbocycles. The zero-order valence-electron chi connectivity index (χ0n) is 11.7. The van der Waals surface area contributed by atoms with E-state index in [1.54, 1.807) is 6.92 Å². The minimum absolute atomic E-state index is 0.433. The third kappa shape index (κ3) is 2.66. The lowest BCUT2D eigenvalue weighted by Crippen LogP contribution is -2.16. The Hall–Kier alpha value is -1.36. The van der Waals surface area contributed by atoms with Crippen LogP contribution < -0.4 is 0 Å². The van der Waals surface area contributed by atoms with Crippen molar-refractivity contribution in [2.24, 2.45) is 0 Å². The van der Waals surface area contributed by atoms with Crippen LogP contribution in [0.1, 0.15) is 43.0 Å². The Labute approximate surface area is 121 Å². The minimum atomic E-state index is -0.442. The van der Waals surface area contributed by atoms with Crippen LogP contribution >= 0.6 is 15.9 Å². The number of halogens is 1. The van der Waals surface area contributed by atoms with E-state index in [-0.39, 0.29) is 0 Å². The third-order valence-electron chi connectivity index (χ3n) is 3.32. The van der Waals surface area contributed by atoms with Crippen molar-refractivity contribution in [1.82, 2.24) is 0 Å². The van der Waals surface area contributed by atoms with Crippen LogP contribution in [0.15, 0.2) is 0 Å². The van der Waals surface area contributed by atoms with Crippen LogP contribution in [0.25, 0.3) is 0 Å². The van der Waals surface area contributed by atoms with E-state index in [0.717, 1.165) is 16.7 Å². The summed E-state index contributed by atoms with van der Waals surface area (Å²) >= 11 is 3.39. The van der Waals surface area contributed by atoms with E-state index in [0.29, 0.717) is 22.0 Å². The molecule has 0 radical (unpaired) electrons. The number of ether oxygens (including phenoxy) is 2. The Morgan fingerprint density at radius 3 is 1.53 bits per heavy atom. The lowest BCUT2D eigenvalue weighted by atomic mass is 9.89. The van der Waals surface area contributed by atoms with Crippen LogP contribution in [0.3, 0.4) is 0 Å². The van der Waals surface area contributed by atoms with Crippen molar-refractivity contribution in [1.29, 1.82) is 0 Å². The van der Waals surface area contributed by atoms with Gasteiger partial charge in [-0.2, -0.15) is 0 Å². The molecule has 4 nitrogen and oxygen atoms in total. The van der Waals surface area contributed by atoms with Crippen molar-refractivity contribution in [2.45, 2.75) is 26.1 Å². The Balaban J connectivity index is 3.75. The lowest BCUT2D eigenvalue weighted by Gasteiger charge is -2.18. The van der Waals surface area contributed by atoms with Gasteiger partial charge in [-0.05, 0) is 43.0 Å². The Kier molecular flexibility index (Phi) is 5.11. The summed E-state index contributed by atoms with van der Waals surface area (Å²) in [5.41, 5.74) is 4.02. The molecule has 5 heteroatoms. The summed E-state index contributed by atoms with van der Waals surface area (Å²) in [7, 11) is 2.65. The lowest BCUT2D eigenvalue weighted by molar-refractivity contribution is 0.0596. The van der Waals surface area contributed by atoms with Crippen LogP contribution in [-0.2, 0) is 14.8 Å². The molecule has 104 valence electrons. The van der Waals surface area contributed by atoms with Crippen LogP contribution in [-0.4, -0.2) is 26.2 Å². The first kappa shape index (κ1) is 15.7. The van der Waals surface area contributed by atoms with Gasteiger partial charge in [-0.25, -0.2) is 9.59 Å². The summed E-state index contributed by atoms with van der Waals surface area (Å²) in [5.74, 6) is -0.885. The number of benzene rings is 1. The highest BCUT2D eigenvalue weighted by Crippen LogP contribution is 2.29. The normalized spacial score (nSPS) is 10.2. The second kappa shape index (κ2) is 6.19. The van der Waals surface area contributed by atoms with Crippen LogP contribution in [0, 0.1) is 20.8 Å². The molecule has 0 atom stereocenters. The molecule has 0 amide bonds. The number of carbonyl (C=O) groups excluding carboxylic acids is 2. The molecule has 0 aromatic heterocycles. The molecule has 0 saturated heterocycles. The third-order valence-corrected chi connectivity index (χ3v) is 3.88. The summed E-state index contributed by atoms with van der Waals surface area (Å²) in [6.07, 6.45) is 0. The monoisotopic (exact) mass is 328 g/mol. The van der Waals surface area contributed by atoms with Crippen LogP contribution in [0.2, 0.25) is 0 Å². The van der Waals surface area contributed by atoms with Gasteiger partial charge in [-0.3, -0.25) is 0 Å². The minimum Gasteiger partial charge on any atom is -0.465 e. The number of carbonyl (C=O) groups is 2. The zero-order chi connectivity index (χ0) is 14.7. The number of hydrogen-bond donors (Lipinski definition) is 0. The van der Waals surface area contributed by atoms with Gasteiger partial charge in [0.05, 0.1) is 25.3 Å². The fourth-order valence-electron chi connectivity index (χ4n) is 2.29. The van der Waals surface area contributed by atoms with E-state index < -0.39 is 11.9 Å². The number of alkyl halides is 1. The zero-order valence-corrected chi connectivity index (χ0v) is 13.3. The molecule has 0 fully saturated rings. The van der Waals surface area contributed by atoms with E-state index in [4.69, 9.17) is 9.47 Å². The van der Waals surface area contributed by atoms with E-state index in [1.165, 1.54) is 14.2 Å². The molecule has 0 aliphatic rings. The van der Waals surface area contributed by atoms with Crippen molar-refractivity contribution in [2.75, 3.05) is 14.2 Å². The number of rotatable bonds is 3. The molecule has 0 aliphatic heterocycles. The van der Waals surface area contributed by atoms with Gasteiger partial charge < -0.3 is 9.47 Å². The van der Waals surface area contributed by atoms with E-state index in [2.05, 4.69) is 15.9 Å². The molecular weight excluding hydrogens is 312 g/mol. The van der Waals surface area contributed by atoms with Gasteiger partial charge in [0, 0.05) is 5.33 Å². The largest absolute Gasteiger partial charge is 0.465 e. The molecule has 0 unspecified atom stereocenters. The number of methoxy groups -OCH3 is 2. The molecular formula is C14H17BrO4. The quantitative estimate of drug-likeness (QED) is 0.632. The van der Waals surface area contributed by atoms with Gasteiger partial charge in [0.1, 0.15) is 0 Å². The molecule has 0 N–H and O–H groups in total. The molecule has 1 aromatic rings. The molecule has 0 bridgehead atoms. The van der Waals surface area contributed by atoms with Crippen molar-refractivity contribution < 1.29 is 19.1 Å². The van der Waals surface area contributed by atoms with Crippen molar-refractivity contribution in [3.8, 4) is 0 Å². The van der Waals surface area contributed by atoms with E-state index in [9.17, 15) is 9.59 Å². The Morgan fingerprint density at radius 1 is 0.895 bits per heavy atom. The van der Waals surface area contributed by atoms with Crippen molar-refractivity contribution in [3.05, 3.63) is 33.4 Å². The average molecular weight is 329 g/mol. The molecule has 19 heavy (non-hydrogen) atoms. The molecule has 1 rings (SSSR count). The Bertz CT molecular complexity index is 492. The van der Waals surface area contributed by atoms with Crippen LogP contribution in [0.5, 0.6) is 0 Å². The van der Waals surface area contributed by atoms with E-state index >= 15 is 0 Å². The highest BCUT2D eigenvalue weighted by Gasteiger charge is 2.25. The smallest absolute Gasteiger partial charge is 0.338 e. The van der Waals surface area contributed by atoms with Gasteiger partial charge in [0.2, 0.25) is 0 Å². The predicted molar refractivity (Wildman–Crippen MR) is 76.0 cm³/mol. The van der Waals surface area contributed by atoms with Gasteiger partial charge in [-0.1, -0.05) is 15.9 Å². The molecule has 0 heterocycles. The molecule has 0 spiro atoms. The summed E-state index contributed by atoms with van der Waals surface area (Å²) in [6, 6.07) is 0. The maximum atomic E-state index is 11.9. The average Bonchev–Trinajstić information content (AvgIpc) is 2.38. The summed E-state index contributed by atoms with van der Waals surface area (Å²) in [4.78, 5) is 23.8. The predicted octanol–water partition coefficient (Wildman–Crippen LogP) is 3.08. The molecule has 1 aromatic carbocycles. The van der Waals surface area contributed by atoms with Crippen molar-refractivity contribution >= 4 is 27.9 Å². The van der Waals surface area contributed by atoms with E-state index in [1.807, 2.05) is 13.8 Å². The first-order valence-electron chi connectivity index (χ1n) is 5.75. The maximum absolute atomic E-state index is 11.9. The fraction of sp³-hybridized carbons (Fsp3) is 0.429. The standard InChI is InChI=1S/C14H17BrO4/c1-7-10(6-15)8(2)12(14(17)19-5)9(3)11(7)13(16)18-4/h6H2,1-5H3. The topological polar surface area (TPSA) is 52.6 Å². The van der Waals surface area contributed by atoms with Gasteiger partial charge in [0.15, 0.2) is 0 Å². The highest BCUT2D eigenvalue weighted by molar-refractivity contribution is 9.08. The summed E-state index contributed by atoms with van der Waals surface area (Å²) in [5, 5.41) is 0.554. The number of hydrogen-bond acceptors (Lipinski definition) is 4. The molecule has 0 aliphatic carbocycles. The second-order valence-corrected chi connectivity index (χ2v) is 4.78. The SMILES string of the molecule is COC(=O)c1c(C)c(CBr)c(C)c(C(=O)OC)c1C. The van der Waals surface area contributed by atoms with Crippen molar-refractivity contribution in [3.63, 3.8) is 0 Å². The van der Waals surface area contributed by atoms with Crippen LogP contribution in [0.4, 0.5) is 0 Å². The highest BCUT2D eigenvalue weighted by atomic mass is 79.9. The van der Waals surface area contributed by atoms with Gasteiger partial charge in [0.25, 0.3) is 0 Å². The maximum Gasteiger partial charge on any atom is 0.338 e. The summed E-state index contributed by atoms with van der Waals surface area (Å²) in [6.45, 7) is 5.43. The summed E-state index contributed by atoms with van der Waals surface area (Å²) < 4.78 is 9.60. The number of esters is 2.